The van der Waals surface area contributed by atoms with Gasteiger partial charge in [0, 0.05) is 23.7 Å². The molecular formula is C13H10Cl2N2O2. The summed E-state index contributed by atoms with van der Waals surface area (Å²) < 4.78 is 0. The largest absolute Gasteiger partial charge is 0.380 e. The Morgan fingerprint density at radius 1 is 1.11 bits per heavy atom. The summed E-state index contributed by atoms with van der Waals surface area (Å²) in [5.41, 5.74) is 1.40. The van der Waals surface area contributed by atoms with Gasteiger partial charge in [-0.15, -0.1) is 0 Å². The lowest BCUT2D eigenvalue weighted by Gasteiger charge is -2.09. The van der Waals surface area contributed by atoms with Crippen LogP contribution in [0.15, 0.2) is 42.5 Å². The fourth-order valence-electron chi connectivity index (χ4n) is 1.59. The third-order valence-electron chi connectivity index (χ3n) is 2.59. The van der Waals surface area contributed by atoms with Gasteiger partial charge in [0.2, 0.25) is 0 Å². The van der Waals surface area contributed by atoms with Crippen molar-refractivity contribution in [1.82, 2.24) is 0 Å². The van der Waals surface area contributed by atoms with Gasteiger partial charge in [-0.3, -0.25) is 10.1 Å². The van der Waals surface area contributed by atoms with E-state index in [9.17, 15) is 10.1 Å². The molecule has 6 heteroatoms. The molecule has 0 saturated heterocycles. The molecular weight excluding hydrogens is 287 g/mol. The van der Waals surface area contributed by atoms with Gasteiger partial charge in [-0.2, -0.15) is 0 Å². The van der Waals surface area contributed by atoms with Gasteiger partial charge < -0.3 is 5.32 Å². The third kappa shape index (κ3) is 3.36. The molecule has 0 aromatic heterocycles. The molecule has 2 rings (SSSR count). The van der Waals surface area contributed by atoms with Crippen LogP contribution in [-0.2, 0) is 6.54 Å². The molecule has 0 unspecified atom stereocenters. The molecule has 0 saturated carbocycles. The monoisotopic (exact) mass is 296 g/mol. The van der Waals surface area contributed by atoms with Gasteiger partial charge in [-0.05, 0) is 17.7 Å². The molecule has 0 aliphatic carbocycles. The van der Waals surface area contributed by atoms with Crippen LogP contribution >= 0.6 is 23.2 Å². The van der Waals surface area contributed by atoms with Crippen LogP contribution in [0, 0.1) is 10.1 Å². The number of halogens is 2. The van der Waals surface area contributed by atoms with E-state index in [1.54, 1.807) is 6.07 Å². The molecule has 0 atom stereocenters. The second-order valence-electron chi connectivity index (χ2n) is 3.87. The van der Waals surface area contributed by atoms with Crippen molar-refractivity contribution in [2.75, 3.05) is 5.32 Å². The lowest BCUT2D eigenvalue weighted by Crippen LogP contribution is -2.01. The van der Waals surface area contributed by atoms with Crippen LogP contribution in [0.4, 0.5) is 11.4 Å². The van der Waals surface area contributed by atoms with E-state index in [4.69, 9.17) is 23.2 Å². The van der Waals surface area contributed by atoms with Gasteiger partial charge in [0.25, 0.3) is 5.69 Å². The zero-order valence-corrected chi connectivity index (χ0v) is 11.3. The van der Waals surface area contributed by atoms with Crippen LogP contribution in [0.3, 0.4) is 0 Å². The van der Waals surface area contributed by atoms with Gasteiger partial charge in [0.15, 0.2) is 0 Å². The Morgan fingerprint density at radius 2 is 1.84 bits per heavy atom. The summed E-state index contributed by atoms with van der Waals surface area (Å²) in [6, 6.07) is 11.6. The number of hydrogen-bond donors (Lipinski definition) is 1. The molecule has 0 amide bonds. The summed E-state index contributed by atoms with van der Waals surface area (Å²) >= 11 is 12.0. The normalized spacial score (nSPS) is 10.2. The molecule has 0 aliphatic heterocycles. The van der Waals surface area contributed by atoms with E-state index >= 15 is 0 Å². The topological polar surface area (TPSA) is 55.2 Å². The molecule has 2 aromatic carbocycles. The summed E-state index contributed by atoms with van der Waals surface area (Å²) in [7, 11) is 0. The highest BCUT2D eigenvalue weighted by molar-refractivity contribution is 6.33. The first-order chi connectivity index (χ1) is 9.08. The van der Waals surface area contributed by atoms with E-state index in [1.165, 1.54) is 18.2 Å². The smallest absolute Gasteiger partial charge is 0.271 e. The molecule has 0 spiro atoms. The van der Waals surface area contributed by atoms with Crippen LogP contribution in [0.5, 0.6) is 0 Å². The van der Waals surface area contributed by atoms with Crippen molar-refractivity contribution in [1.29, 1.82) is 0 Å². The van der Waals surface area contributed by atoms with Gasteiger partial charge in [0.1, 0.15) is 0 Å². The quantitative estimate of drug-likeness (QED) is 0.667. The van der Waals surface area contributed by atoms with E-state index in [0.717, 1.165) is 5.56 Å². The standard InChI is InChI=1S/C13H10Cl2N2O2/c14-11-4-2-1-3-9(11)8-16-13-7-10(17(18)19)5-6-12(13)15/h1-7,16H,8H2. The number of benzene rings is 2. The molecule has 0 bridgehead atoms. The van der Waals surface area contributed by atoms with Crippen LogP contribution in [0.25, 0.3) is 0 Å². The second kappa shape index (κ2) is 5.91. The van der Waals surface area contributed by atoms with Crippen molar-refractivity contribution in [2.45, 2.75) is 6.54 Å². The molecule has 0 aliphatic rings. The number of nitro benzene ring substituents is 1. The van der Waals surface area contributed by atoms with Crippen molar-refractivity contribution >= 4 is 34.6 Å². The van der Waals surface area contributed by atoms with Gasteiger partial charge >= 0.3 is 0 Å². The molecule has 0 radical (unpaired) electrons. The van der Waals surface area contributed by atoms with E-state index in [1.807, 2.05) is 18.2 Å². The molecule has 1 N–H and O–H groups in total. The van der Waals surface area contributed by atoms with Crippen molar-refractivity contribution in [2.24, 2.45) is 0 Å². The number of hydrogen-bond acceptors (Lipinski definition) is 3. The maximum absolute atomic E-state index is 10.7. The first-order valence-electron chi connectivity index (χ1n) is 5.49. The minimum Gasteiger partial charge on any atom is -0.380 e. The van der Waals surface area contributed by atoms with Crippen molar-refractivity contribution in [3.05, 3.63) is 68.2 Å². The third-order valence-corrected chi connectivity index (χ3v) is 3.29. The molecule has 19 heavy (non-hydrogen) atoms. The molecule has 0 fully saturated rings. The lowest BCUT2D eigenvalue weighted by molar-refractivity contribution is -0.384. The van der Waals surface area contributed by atoms with E-state index in [-0.39, 0.29) is 5.69 Å². The number of rotatable bonds is 4. The summed E-state index contributed by atoms with van der Waals surface area (Å²) in [4.78, 5) is 10.2. The average Bonchev–Trinajstić information content (AvgIpc) is 2.39. The summed E-state index contributed by atoms with van der Waals surface area (Å²) in [6.07, 6.45) is 0. The summed E-state index contributed by atoms with van der Waals surface area (Å²) in [6.45, 7) is 0.445. The first-order valence-corrected chi connectivity index (χ1v) is 6.25. The van der Waals surface area contributed by atoms with Crippen molar-refractivity contribution < 1.29 is 4.92 Å². The predicted octanol–water partition coefficient (Wildman–Crippen LogP) is 4.51. The maximum atomic E-state index is 10.7. The summed E-state index contributed by atoms with van der Waals surface area (Å²) in [5, 5.41) is 14.8. The Morgan fingerprint density at radius 3 is 2.53 bits per heavy atom. The lowest BCUT2D eigenvalue weighted by atomic mass is 10.2. The fourth-order valence-corrected chi connectivity index (χ4v) is 1.98. The number of anilines is 1. The zero-order valence-electron chi connectivity index (χ0n) is 9.77. The Hall–Kier alpha value is -1.78. The molecule has 0 heterocycles. The fraction of sp³-hybridized carbons (Fsp3) is 0.0769. The number of nitro groups is 1. The highest BCUT2D eigenvalue weighted by Crippen LogP contribution is 2.27. The van der Waals surface area contributed by atoms with E-state index in [0.29, 0.717) is 22.3 Å². The SMILES string of the molecule is O=[N+]([O-])c1ccc(Cl)c(NCc2ccccc2Cl)c1. The Bertz CT molecular complexity index is 617. The van der Waals surface area contributed by atoms with Crippen LogP contribution in [0.1, 0.15) is 5.56 Å². The molecule has 98 valence electrons. The second-order valence-corrected chi connectivity index (χ2v) is 4.68. The highest BCUT2D eigenvalue weighted by atomic mass is 35.5. The average molecular weight is 297 g/mol. The molecule has 4 nitrogen and oxygen atoms in total. The van der Waals surface area contributed by atoms with Gasteiger partial charge in [0.05, 0.1) is 15.6 Å². The van der Waals surface area contributed by atoms with Crippen LogP contribution in [-0.4, -0.2) is 4.92 Å². The van der Waals surface area contributed by atoms with Gasteiger partial charge in [-0.1, -0.05) is 41.4 Å². The minimum absolute atomic E-state index is 0.00828. The highest BCUT2D eigenvalue weighted by Gasteiger charge is 2.09. The van der Waals surface area contributed by atoms with Crippen molar-refractivity contribution in [3.8, 4) is 0 Å². The number of non-ortho nitro benzene ring substituents is 1. The Kier molecular flexibility index (Phi) is 4.24. The summed E-state index contributed by atoms with van der Waals surface area (Å²) in [5.74, 6) is 0. The number of nitrogens with zero attached hydrogens (tertiary/aromatic N) is 1. The van der Waals surface area contributed by atoms with Gasteiger partial charge in [-0.25, -0.2) is 0 Å². The Labute approximate surface area is 120 Å². The minimum atomic E-state index is -0.461. The molecule has 2 aromatic rings. The van der Waals surface area contributed by atoms with E-state index in [2.05, 4.69) is 5.32 Å². The van der Waals surface area contributed by atoms with Crippen LogP contribution in [0.2, 0.25) is 10.0 Å². The predicted molar refractivity (Wildman–Crippen MR) is 76.9 cm³/mol. The maximum Gasteiger partial charge on any atom is 0.271 e. The van der Waals surface area contributed by atoms with E-state index < -0.39 is 4.92 Å². The number of nitrogens with one attached hydrogen (secondary N) is 1. The van der Waals surface area contributed by atoms with Crippen molar-refractivity contribution in [3.63, 3.8) is 0 Å². The van der Waals surface area contributed by atoms with Crippen LogP contribution < -0.4 is 5.32 Å². The first kappa shape index (κ1) is 13.6. The Balaban J connectivity index is 2.17. The zero-order chi connectivity index (χ0) is 13.8.